The molecule has 0 atom stereocenters. The summed E-state index contributed by atoms with van der Waals surface area (Å²) < 4.78 is 5.41. The van der Waals surface area contributed by atoms with Crippen LogP contribution in [0.15, 0.2) is 42.1 Å². The molecular formula is C18H25N3O2. The van der Waals surface area contributed by atoms with Gasteiger partial charge in [0.1, 0.15) is 11.6 Å². The van der Waals surface area contributed by atoms with Crippen LogP contribution < -0.4 is 10.6 Å². The summed E-state index contributed by atoms with van der Waals surface area (Å²) in [6.45, 7) is 4.58. The van der Waals surface area contributed by atoms with Crippen LogP contribution in [0.25, 0.3) is 0 Å². The van der Waals surface area contributed by atoms with Crippen molar-refractivity contribution in [2.45, 2.75) is 32.7 Å². The number of carbonyl (C=O) groups is 1. The van der Waals surface area contributed by atoms with E-state index in [-0.39, 0.29) is 11.5 Å². The number of hydrogen-bond donors (Lipinski definition) is 2. The van der Waals surface area contributed by atoms with Gasteiger partial charge in [0.05, 0.1) is 0 Å². The fourth-order valence-corrected chi connectivity index (χ4v) is 1.84. The molecule has 0 saturated carbocycles. The first-order valence-electron chi connectivity index (χ1n) is 8.01. The highest BCUT2D eigenvalue weighted by Crippen LogP contribution is 1.98. The molecule has 5 heteroatoms. The van der Waals surface area contributed by atoms with Gasteiger partial charge in [0, 0.05) is 32.5 Å². The molecule has 2 N–H and O–H groups in total. The first-order chi connectivity index (χ1) is 11.3. The average molecular weight is 315 g/mol. The third-order valence-electron chi connectivity index (χ3n) is 3.15. The third kappa shape index (κ3) is 8.64. The van der Waals surface area contributed by atoms with Crippen molar-refractivity contribution in [1.82, 2.24) is 10.6 Å². The monoisotopic (exact) mass is 315 g/mol. The second-order valence-corrected chi connectivity index (χ2v) is 5.11. The Morgan fingerprint density at radius 2 is 2.00 bits per heavy atom. The lowest BCUT2D eigenvalue weighted by molar-refractivity contribution is -0.117. The quantitative estimate of drug-likeness (QED) is 0.374. The van der Waals surface area contributed by atoms with Crippen molar-refractivity contribution in [3.8, 4) is 6.07 Å². The minimum atomic E-state index is -0.360. The average Bonchev–Trinajstić information content (AvgIpc) is 2.58. The summed E-state index contributed by atoms with van der Waals surface area (Å²) in [5, 5.41) is 14.8. The van der Waals surface area contributed by atoms with E-state index in [1.165, 1.54) is 6.20 Å². The Morgan fingerprint density at radius 1 is 1.26 bits per heavy atom. The van der Waals surface area contributed by atoms with Gasteiger partial charge in [-0.2, -0.15) is 5.26 Å². The fourth-order valence-electron chi connectivity index (χ4n) is 1.84. The highest BCUT2D eigenvalue weighted by molar-refractivity contribution is 5.97. The number of benzene rings is 1. The van der Waals surface area contributed by atoms with Gasteiger partial charge in [-0.3, -0.25) is 4.79 Å². The molecule has 0 heterocycles. The zero-order valence-corrected chi connectivity index (χ0v) is 13.7. The molecule has 0 fully saturated rings. The molecule has 1 aromatic carbocycles. The number of carbonyl (C=O) groups excluding carboxylic acids is 1. The fraction of sp³-hybridized carbons (Fsp3) is 0.444. The number of amides is 1. The number of nitriles is 1. The Labute approximate surface area is 138 Å². The van der Waals surface area contributed by atoms with Crippen molar-refractivity contribution < 1.29 is 9.53 Å². The van der Waals surface area contributed by atoms with E-state index in [2.05, 4.69) is 17.6 Å². The van der Waals surface area contributed by atoms with Crippen LogP contribution in [0.4, 0.5) is 0 Å². The molecule has 0 aliphatic rings. The van der Waals surface area contributed by atoms with E-state index in [0.717, 1.165) is 31.4 Å². The molecule has 0 aliphatic carbocycles. The van der Waals surface area contributed by atoms with Gasteiger partial charge in [-0.25, -0.2) is 0 Å². The van der Waals surface area contributed by atoms with Gasteiger partial charge in [0.15, 0.2) is 0 Å². The molecule has 0 aliphatic heterocycles. The van der Waals surface area contributed by atoms with E-state index in [0.29, 0.717) is 19.7 Å². The van der Waals surface area contributed by atoms with Crippen molar-refractivity contribution >= 4 is 5.91 Å². The van der Waals surface area contributed by atoms with Crippen molar-refractivity contribution in [3.63, 3.8) is 0 Å². The molecular weight excluding hydrogens is 290 g/mol. The third-order valence-corrected chi connectivity index (χ3v) is 3.15. The molecule has 1 rings (SSSR count). The Kier molecular flexibility index (Phi) is 9.97. The topological polar surface area (TPSA) is 74.1 Å². The largest absolute Gasteiger partial charge is 0.386 e. The van der Waals surface area contributed by atoms with Gasteiger partial charge in [-0.15, -0.1) is 0 Å². The van der Waals surface area contributed by atoms with Crippen molar-refractivity contribution in [2.75, 3.05) is 19.8 Å². The zero-order chi connectivity index (χ0) is 16.8. The lowest BCUT2D eigenvalue weighted by Gasteiger charge is -2.06. The van der Waals surface area contributed by atoms with Gasteiger partial charge < -0.3 is 15.4 Å². The molecule has 23 heavy (non-hydrogen) atoms. The van der Waals surface area contributed by atoms with Crippen LogP contribution >= 0.6 is 0 Å². The summed E-state index contributed by atoms with van der Waals surface area (Å²) in [6, 6.07) is 11.7. The molecule has 0 bridgehead atoms. The van der Waals surface area contributed by atoms with Gasteiger partial charge in [0.2, 0.25) is 0 Å². The van der Waals surface area contributed by atoms with Crippen LogP contribution in [0.2, 0.25) is 0 Å². The molecule has 1 amide bonds. The molecule has 0 saturated heterocycles. The second kappa shape index (κ2) is 12.2. The summed E-state index contributed by atoms with van der Waals surface area (Å²) in [5.74, 6) is -0.360. The van der Waals surface area contributed by atoms with Crippen molar-refractivity contribution in [1.29, 1.82) is 5.26 Å². The number of hydrogen-bond acceptors (Lipinski definition) is 4. The Balaban J connectivity index is 2.23. The summed E-state index contributed by atoms with van der Waals surface area (Å²) in [7, 11) is 0. The zero-order valence-electron chi connectivity index (χ0n) is 13.7. The van der Waals surface area contributed by atoms with Crippen LogP contribution in [0.5, 0.6) is 0 Å². The lowest BCUT2D eigenvalue weighted by Crippen LogP contribution is -2.27. The lowest BCUT2D eigenvalue weighted by atomic mass is 10.2. The molecule has 0 radical (unpaired) electrons. The number of unbranched alkanes of at least 4 members (excludes halogenated alkanes) is 1. The number of nitrogens with zero attached hydrogens (tertiary/aromatic N) is 1. The molecule has 5 nitrogen and oxygen atoms in total. The van der Waals surface area contributed by atoms with Crippen LogP contribution in [-0.2, 0) is 16.1 Å². The molecule has 0 aromatic heterocycles. The minimum Gasteiger partial charge on any atom is -0.386 e. The molecule has 0 unspecified atom stereocenters. The molecule has 1 aromatic rings. The van der Waals surface area contributed by atoms with Crippen molar-refractivity contribution in [3.05, 3.63) is 47.7 Å². The normalized spacial score (nSPS) is 10.9. The summed E-state index contributed by atoms with van der Waals surface area (Å²) in [4.78, 5) is 11.9. The van der Waals surface area contributed by atoms with Crippen molar-refractivity contribution in [2.24, 2.45) is 0 Å². The highest BCUT2D eigenvalue weighted by Gasteiger charge is 2.07. The maximum absolute atomic E-state index is 11.9. The Hall–Kier alpha value is -2.32. The van der Waals surface area contributed by atoms with E-state index in [4.69, 9.17) is 10.00 Å². The molecule has 0 spiro atoms. The highest BCUT2D eigenvalue weighted by atomic mass is 16.5. The smallest absolute Gasteiger partial charge is 0.263 e. The molecule has 124 valence electrons. The summed E-state index contributed by atoms with van der Waals surface area (Å²) in [5.41, 5.74) is 1.17. The second-order valence-electron chi connectivity index (χ2n) is 5.11. The SMILES string of the molecule is CCCCOCCCNC(=O)/C(C#N)=C\NCc1ccccc1. The first kappa shape index (κ1) is 18.7. The Morgan fingerprint density at radius 3 is 2.70 bits per heavy atom. The van der Waals surface area contributed by atoms with E-state index in [1.54, 1.807) is 0 Å². The summed E-state index contributed by atoms with van der Waals surface area (Å²) >= 11 is 0. The minimum absolute atomic E-state index is 0.0767. The van der Waals surface area contributed by atoms with Crippen LogP contribution in [0, 0.1) is 11.3 Å². The van der Waals surface area contributed by atoms with Gasteiger partial charge in [-0.1, -0.05) is 43.7 Å². The van der Waals surface area contributed by atoms with Gasteiger partial charge in [-0.05, 0) is 18.4 Å². The van der Waals surface area contributed by atoms with E-state index in [1.807, 2.05) is 36.4 Å². The summed E-state index contributed by atoms with van der Waals surface area (Å²) in [6.07, 6.45) is 4.37. The maximum Gasteiger partial charge on any atom is 0.263 e. The van der Waals surface area contributed by atoms with E-state index >= 15 is 0 Å². The predicted octanol–water partition coefficient (Wildman–Crippen LogP) is 2.51. The first-order valence-corrected chi connectivity index (χ1v) is 8.01. The van der Waals surface area contributed by atoms with Crippen LogP contribution in [-0.4, -0.2) is 25.7 Å². The standard InChI is InChI=1S/C18H25N3O2/c1-2-3-11-23-12-7-10-21-18(22)17(13-19)15-20-14-16-8-5-4-6-9-16/h4-6,8-9,15,20H,2-3,7,10-12,14H2,1H3,(H,21,22)/b17-15-. The number of ether oxygens (including phenoxy) is 1. The van der Waals surface area contributed by atoms with Crippen LogP contribution in [0.1, 0.15) is 31.7 Å². The van der Waals surface area contributed by atoms with Gasteiger partial charge >= 0.3 is 0 Å². The maximum atomic E-state index is 11.9. The van der Waals surface area contributed by atoms with E-state index < -0.39 is 0 Å². The number of nitrogens with one attached hydrogen (secondary N) is 2. The Bertz CT molecular complexity index is 521. The number of rotatable bonds is 11. The van der Waals surface area contributed by atoms with E-state index in [9.17, 15) is 4.79 Å². The van der Waals surface area contributed by atoms with Gasteiger partial charge in [0.25, 0.3) is 5.91 Å². The predicted molar refractivity (Wildman–Crippen MR) is 90.3 cm³/mol. The van der Waals surface area contributed by atoms with Crippen LogP contribution in [0.3, 0.4) is 0 Å².